The lowest BCUT2D eigenvalue weighted by Crippen LogP contribution is -2.50. The summed E-state index contributed by atoms with van der Waals surface area (Å²) < 4.78 is 44.4. The van der Waals surface area contributed by atoms with Gasteiger partial charge in [0.25, 0.3) is 5.91 Å². The van der Waals surface area contributed by atoms with Gasteiger partial charge in [-0.25, -0.2) is 4.79 Å². The number of alkyl halides is 3. The van der Waals surface area contributed by atoms with Gasteiger partial charge in [-0.2, -0.15) is 13.2 Å². The van der Waals surface area contributed by atoms with Gasteiger partial charge in [-0.3, -0.25) is 19.3 Å². The molecule has 2 saturated carbocycles. The van der Waals surface area contributed by atoms with Crippen LogP contribution in [0.3, 0.4) is 0 Å². The Morgan fingerprint density at radius 2 is 1.67 bits per heavy atom. The number of rotatable bonds is 6. The van der Waals surface area contributed by atoms with Gasteiger partial charge in [0, 0.05) is 0 Å². The third-order valence-corrected chi connectivity index (χ3v) is 6.96. The van der Waals surface area contributed by atoms with Gasteiger partial charge in [-0.15, -0.1) is 0 Å². The molecule has 3 amide bonds. The quantitative estimate of drug-likeness (QED) is 0.513. The van der Waals surface area contributed by atoms with E-state index in [-0.39, 0.29) is 23.7 Å². The second-order valence-electron chi connectivity index (χ2n) is 9.32. The van der Waals surface area contributed by atoms with E-state index in [1.807, 2.05) is 0 Å². The van der Waals surface area contributed by atoms with Crippen molar-refractivity contribution in [2.75, 3.05) is 11.9 Å². The first-order valence-corrected chi connectivity index (χ1v) is 11.0. The SMILES string of the molecule is CC(C)[C@H](C(=O)OCC(=O)Nc1ccccc1C(F)(F)F)N1C(=O)[C@@H]2[C@H]3CC[C@@H](C3)[C@@H]2C1=O. The van der Waals surface area contributed by atoms with Gasteiger partial charge in [0.1, 0.15) is 6.04 Å². The van der Waals surface area contributed by atoms with Gasteiger partial charge < -0.3 is 10.1 Å². The molecule has 0 radical (unpaired) electrons. The Morgan fingerprint density at radius 3 is 2.21 bits per heavy atom. The third-order valence-electron chi connectivity index (χ3n) is 6.96. The van der Waals surface area contributed by atoms with Crippen LogP contribution in [-0.2, 0) is 30.1 Å². The molecule has 1 aromatic carbocycles. The van der Waals surface area contributed by atoms with Crippen LogP contribution in [0.15, 0.2) is 24.3 Å². The van der Waals surface area contributed by atoms with Crippen LogP contribution in [0.5, 0.6) is 0 Å². The fourth-order valence-electron chi connectivity index (χ4n) is 5.63. The Balaban J connectivity index is 1.43. The number of nitrogens with one attached hydrogen (secondary N) is 1. The number of amides is 3. The van der Waals surface area contributed by atoms with E-state index in [1.54, 1.807) is 13.8 Å². The molecule has 1 aromatic rings. The Hall–Kier alpha value is -2.91. The largest absolute Gasteiger partial charge is 0.454 e. The van der Waals surface area contributed by atoms with Crippen LogP contribution < -0.4 is 5.32 Å². The predicted molar refractivity (Wildman–Crippen MR) is 109 cm³/mol. The normalized spacial score (nSPS) is 27.2. The summed E-state index contributed by atoms with van der Waals surface area (Å²) in [5.41, 5.74) is -1.49. The molecule has 3 fully saturated rings. The van der Waals surface area contributed by atoms with Gasteiger partial charge in [0.2, 0.25) is 11.8 Å². The van der Waals surface area contributed by atoms with Crippen molar-refractivity contribution in [3.05, 3.63) is 29.8 Å². The average Bonchev–Trinajstić information content (AvgIpc) is 3.42. The number of carbonyl (C=O) groups excluding carboxylic acids is 4. The second kappa shape index (κ2) is 8.46. The molecule has 0 spiro atoms. The van der Waals surface area contributed by atoms with Gasteiger partial charge in [0.15, 0.2) is 6.61 Å². The maximum absolute atomic E-state index is 13.1. The molecule has 4 rings (SSSR count). The lowest BCUT2D eigenvalue weighted by atomic mass is 9.81. The fraction of sp³-hybridized carbons (Fsp3) is 0.565. The number of esters is 1. The molecule has 0 unspecified atom stereocenters. The van der Waals surface area contributed by atoms with Gasteiger partial charge in [-0.1, -0.05) is 26.0 Å². The van der Waals surface area contributed by atoms with Crippen molar-refractivity contribution < 1.29 is 37.1 Å². The van der Waals surface area contributed by atoms with Crippen LogP contribution >= 0.6 is 0 Å². The zero-order chi connectivity index (χ0) is 24.1. The van der Waals surface area contributed by atoms with E-state index < -0.39 is 59.7 Å². The summed E-state index contributed by atoms with van der Waals surface area (Å²) in [6.45, 7) is 2.48. The summed E-state index contributed by atoms with van der Waals surface area (Å²) in [5, 5.41) is 2.10. The number of nitrogens with zero attached hydrogens (tertiary/aromatic N) is 1. The molecule has 0 aromatic heterocycles. The fourth-order valence-corrected chi connectivity index (χ4v) is 5.63. The maximum Gasteiger partial charge on any atom is 0.418 e. The van der Waals surface area contributed by atoms with Crippen molar-refractivity contribution in [2.45, 2.75) is 45.3 Å². The number of hydrogen-bond acceptors (Lipinski definition) is 5. The van der Waals surface area contributed by atoms with E-state index in [2.05, 4.69) is 5.32 Å². The number of carbonyl (C=O) groups is 4. The van der Waals surface area contributed by atoms with Crippen molar-refractivity contribution in [2.24, 2.45) is 29.6 Å². The van der Waals surface area contributed by atoms with Crippen LogP contribution in [0.1, 0.15) is 38.7 Å². The van der Waals surface area contributed by atoms with E-state index in [0.717, 1.165) is 36.3 Å². The molecule has 1 N–H and O–H groups in total. The number of halogens is 3. The zero-order valence-electron chi connectivity index (χ0n) is 18.2. The number of para-hydroxylation sites is 1. The molecule has 7 nitrogen and oxygen atoms in total. The summed E-state index contributed by atoms with van der Waals surface area (Å²) in [6, 6.07) is 3.25. The van der Waals surface area contributed by atoms with Crippen molar-refractivity contribution >= 4 is 29.4 Å². The molecule has 1 saturated heterocycles. The Labute approximate surface area is 188 Å². The highest BCUT2D eigenvalue weighted by molar-refractivity contribution is 6.08. The monoisotopic (exact) mass is 466 g/mol. The van der Waals surface area contributed by atoms with E-state index in [4.69, 9.17) is 4.74 Å². The standard InChI is InChI=1S/C23H25F3N2O5/c1-11(2)19(28-20(30)17-12-7-8-13(9-12)18(17)21(28)31)22(32)33-10-16(29)27-15-6-4-3-5-14(15)23(24,25)26/h3-6,11-13,17-19H,7-10H2,1-2H3,(H,27,29)/t12-,13-,17-,18+,19+/m0/s1. The summed E-state index contributed by atoms with van der Waals surface area (Å²) in [5.74, 6) is -3.56. The number of benzene rings is 1. The number of ether oxygens (including phenoxy) is 1. The topological polar surface area (TPSA) is 92.8 Å². The Kier molecular flexibility index (Phi) is 5.96. The molecule has 10 heteroatoms. The molecular formula is C23H25F3N2O5. The van der Waals surface area contributed by atoms with E-state index in [1.165, 1.54) is 12.1 Å². The highest BCUT2D eigenvalue weighted by Gasteiger charge is 2.62. The molecular weight excluding hydrogens is 441 g/mol. The summed E-state index contributed by atoms with van der Waals surface area (Å²) in [6.07, 6.45) is -2.02. The van der Waals surface area contributed by atoms with Crippen LogP contribution in [0, 0.1) is 29.6 Å². The first-order chi connectivity index (χ1) is 15.5. The number of imide groups is 1. The lowest BCUT2D eigenvalue weighted by Gasteiger charge is -2.28. The number of fused-ring (bicyclic) bond motifs is 5. The molecule has 2 bridgehead atoms. The van der Waals surface area contributed by atoms with E-state index >= 15 is 0 Å². The van der Waals surface area contributed by atoms with Gasteiger partial charge in [0.05, 0.1) is 23.1 Å². The van der Waals surface area contributed by atoms with Crippen LogP contribution in [-0.4, -0.2) is 41.2 Å². The molecule has 178 valence electrons. The predicted octanol–water partition coefficient (Wildman–Crippen LogP) is 3.24. The zero-order valence-corrected chi connectivity index (χ0v) is 18.2. The van der Waals surface area contributed by atoms with Crippen molar-refractivity contribution in [1.82, 2.24) is 4.90 Å². The Morgan fingerprint density at radius 1 is 1.09 bits per heavy atom. The number of hydrogen-bond donors (Lipinski definition) is 1. The van der Waals surface area contributed by atoms with Crippen molar-refractivity contribution in [3.63, 3.8) is 0 Å². The lowest BCUT2D eigenvalue weighted by molar-refractivity contribution is -0.162. The smallest absolute Gasteiger partial charge is 0.418 e. The van der Waals surface area contributed by atoms with Crippen molar-refractivity contribution in [3.8, 4) is 0 Å². The van der Waals surface area contributed by atoms with Gasteiger partial charge in [-0.05, 0) is 49.1 Å². The minimum atomic E-state index is -4.67. The molecule has 33 heavy (non-hydrogen) atoms. The molecule has 1 aliphatic heterocycles. The first kappa shape index (κ1) is 23.3. The average molecular weight is 466 g/mol. The molecule has 5 atom stereocenters. The van der Waals surface area contributed by atoms with Crippen molar-refractivity contribution in [1.29, 1.82) is 0 Å². The van der Waals surface area contributed by atoms with Gasteiger partial charge >= 0.3 is 12.1 Å². The van der Waals surface area contributed by atoms with Crippen LogP contribution in [0.25, 0.3) is 0 Å². The van der Waals surface area contributed by atoms with E-state index in [0.29, 0.717) is 0 Å². The number of anilines is 1. The minimum Gasteiger partial charge on any atom is -0.454 e. The molecule has 3 aliphatic rings. The summed E-state index contributed by atoms with van der Waals surface area (Å²) in [4.78, 5) is 52.1. The Bertz CT molecular complexity index is 965. The summed E-state index contributed by atoms with van der Waals surface area (Å²) >= 11 is 0. The van der Waals surface area contributed by atoms with Crippen LogP contribution in [0.2, 0.25) is 0 Å². The number of likely N-dealkylation sites (tertiary alicyclic amines) is 1. The highest BCUT2D eigenvalue weighted by Crippen LogP contribution is 2.56. The molecule has 1 heterocycles. The molecule has 2 aliphatic carbocycles. The maximum atomic E-state index is 13.1. The first-order valence-electron chi connectivity index (χ1n) is 11.0. The summed E-state index contributed by atoms with van der Waals surface area (Å²) in [7, 11) is 0. The van der Waals surface area contributed by atoms with Crippen LogP contribution in [0.4, 0.5) is 18.9 Å². The second-order valence-corrected chi connectivity index (χ2v) is 9.32. The minimum absolute atomic E-state index is 0.157. The third kappa shape index (κ3) is 4.11. The highest BCUT2D eigenvalue weighted by atomic mass is 19.4. The van der Waals surface area contributed by atoms with E-state index in [9.17, 15) is 32.3 Å².